The number of carbonyl (C=O) groups excluding carboxylic acids is 1. The molecule has 16 heavy (non-hydrogen) atoms. The van der Waals surface area contributed by atoms with E-state index in [1.165, 1.54) is 16.2 Å². The summed E-state index contributed by atoms with van der Waals surface area (Å²) in [4.78, 5) is 14.1. The SMILES string of the molecule is CC(CN)NC(=O)c1cc2c(s1)CCSC2. The topological polar surface area (TPSA) is 55.1 Å². The maximum absolute atomic E-state index is 11.9. The average Bonchev–Trinajstić information content (AvgIpc) is 2.72. The van der Waals surface area contributed by atoms with Gasteiger partial charge < -0.3 is 11.1 Å². The first kappa shape index (κ1) is 12.0. The van der Waals surface area contributed by atoms with Crippen molar-refractivity contribution in [1.82, 2.24) is 5.32 Å². The van der Waals surface area contributed by atoms with Gasteiger partial charge in [-0.05, 0) is 30.7 Å². The minimum atomic E-state index is 0.0161. The van der Waals surface area contributed by atoms with E-state index in [0.29, 0.717) is 6.54 Å². The Balaban J connectivity index is 2.09. The highest BCUT2D eigenvalue weighted by molar-refractivity contribution is 7.98. The molecule has 3 nitrogen and oxygen atoms in total. The number of hydrogen-bond acceptors (Lipinski definition) is 4. The monoisotopic (exact) mass is 256 g/mol. The molecule has 1 unspecified atom stereocenters. The summed E-state index contributed by atoms with van der Waals surface area (Å²) in [6.45, 7) is 2.40. The lowest BCUT2D eigenvalue weighted by Crippen LogP contribution is -2.37. The Bertz CT molecular complexity index is 366. The highest BCUT2D eigenvalue weighted by Gasteiger charge is 2.18. The van der Waals surface area contributed by atoms with Crippen LogP contribution in [0.2, 0.25) is 0 Å². The first-order valence-electron chi connectivity index (χ1n) is 5.41. The maximum atomic E-state index is 11.9. The molecule has 1 aromatic heterocycles. The van der Waals surface area contributed by atoms with Crippen LogP contribution in [-0.4, -0.2) is 24.2 Å². The van der Waals surface area contributed by atoms with Crippen LogP contribution in [0.4, 0.5) is 0 Å². The number of fused-ring (bicyclic) bond motifs is 1. The summed E-state index contributed by atoms with van der Waals surface area (Å²) in [5.41, 5.74) is 6.82. The second kappa shape index (κ2) is 5.21. The smallest absolute Gasteiger partial charge is 0.261 e. The third-order valence-corrected chi connectivity index (χ3v) is 4.83. The van der Waals surface area contributed by atoms with Crippen LogP contribution in [0.5, 0.6) is 0 Å². The van der Waals surface area contributed by atoms with Gasteiger partial charge in [0.05, 0.1) is 4.88 Å². The molecule has 0 aliphatic carbocycles. The Kier molecular flexibility index (Phi) is 3.89. The largest absolute Gasteiger partial charge is 0.348 e. The Labute approximate surface area is 104 Å². The van der Waals surface area contributed by atoms with E-state index in [0.717, 1.165) is 17.1 Å². The molecule has 0 fully saturated rings. The van der Waals surface area contributed by atoms with Crippen molar-refractivity contribution in [3.05, 3.63) is 21.4 Å². The Morgan fingerprint density at radius 2 is 2.50 bits per heavy atom. The second-order valence-electron chi connectivity index (χ2n) is 3.97. The van der Waals surface area contributed by atoms with E-state index in [4.69, 9.17) is 5.73 Å². The number of hydrogen-bond donors (Lipinski definition) is 2. The fraction of sp³-hybridized carbons (Fsp3) is 0.545. The summed E-state index contributed by atoms with van der Waals surface area (Å²) < 4.78 is 0. The highest BCUT2D eigenvalue weighted by atomic mass is 32.2. The third kappa shape index (κ3) is 2.59. The van der Waals surface area contributed by atoms with Crippen LogP contribution in [0, 0.1) is 0 Å². The quantitative estimate of drug-likeness (QED) is 0.864. The predicted octanol–water partition coefficient (Wildman–Crippen LogP) is 1.61. The molecule has 1 atom stereocenters. The summed E-state index contributed by atoms with van der Waals surface area (Å²) in [6, 6.07) is 2.08. The highest BCUT2D eigenvalue weighted by Crippen LogP contribution is 2.31. The van der Waals surface area contributed by atoms with Crippen molar-refractivity contribution in [2.45, 2.75) is 25.1 Å². The van der Waals surface area contributed by atoms with Crippen molar-refractivity contribution in [3.8, 4) is 0 Å². The average molecular weight is 256 g/mol. The van der Waals surface area contributed by atoms with Crippen LogP contribution in [0.25, 0.3) is 0 Å². The summed E-state index contributed by atoms with van der Waals surface area (Å²) in [5.74, 6) is 2.24. The lowest BCUT2D eigenvalue weighted by Gasteiger charge is -2.09. The van der Waals surface area contributed by atoms with Gasteiger partial charge in [0.1, 0.15) is 0 Å². The number of nitrogens with two attached hydrogens (primary N) is 1. The van der Waals surface area contributed by atoms with Gasteiger partial charge in [0, 0.05) is 23.2 Å². The molecule has 3 N–H and O–H groups in total. The minimum Gasteiger partial charge on any atom is -0.348 e. The molecular weight excluding hydrogens is 240 g/mol. The van der Waals surface area contributed by atoms with E-state index in [9.17, 15) is 4.79 Å². The number of carbonyl (C=O) groups is 1. The van der Waals surface area contributed by atoms with Crippen LogP contribution < -0.4 is 11.1 Å². The Morgan fingerprint density at radius 3 is 3.19 bits per heavy atom. The first-order valence-corrected chi connectivity index (χ1v) is 7.38. The minimum absolute atomic E-state index is 0.0161. The zero-order valence-corrected chi connectivity index (χ0v) is 10.9. The molecule has 0 bridgehead atoms. The second-order valence-corrected chi connectivity index (χ2v) is 6.21. The van der Waals surface area contributed by atoms with Gasteiger partial charge in [0.15, 0.2) is 0 Å². The van der Waals surface area contributed by atoms with Crippen molar-refractivity contribution in [2.75, 3.05) is 12.3 Å². The van der Waals surface area contributed by atoms with E-state index in [-0.39, 0.29) is 11.9 Å². The van der Waals surface area contributed by atoms with E-state index in [1.54, 1.807) is 11.3 Å². The van der Waals surface area contributed by atoms with Crippen molar-refractivity contribution in [3.63, 3.8) is 0 Å². The molecule has 1 aliphatic rings. The summed E-state index contributed by atoms with van der Waals surface area (Å²) >= 11 is 3.57. The van der Waals surface area contributed by atoms with Gasteiger partial charge in [-0.3, -0.25) is 4.79 Å². The molecule has 1 aliphatic heterocycles. The van der Waals surface area contributed by atoms with E-state index in [1.807, 2.05) is 24.8 Å². The zero-order valence-electron chi connectivity index (χ0n) is 9.29. The number of nitrogens with one attached hydrogen (secondary N) is 1. The zero-order chi connectivity index (χ0) is 11.5. The molecule has 0 saturated carbocycles. The molecule has 0 spiro atoms. The fourth-order valence-corrected chi connectivity index (χ4v) is 3.89. The standard InChI is InChI=1S/C11H16N2OS2/c1-7(5-12)13-11(14)10-4-8-6-15-3-2-9(8)16-10/h4,7H,2-3,5-6,12H2,1H3,(H,13,14). The summed E-state index contributed by atoms with van der Waals surface area (Å²) in [6.07, 6.45) is 1.10. The van der Waals surface area contributed by atoms with Crippen molar-refractivity contribution < 1.29 is 4.79 Å². The molecule has 0 saturated heterocycles. The maximum Gasteiger partial charge on any atom is 0.261 e. The van der Waals surface area contributed by atoms with Crippen LogP contribution >= 0.6 is 23.1 Å². The van der Waals surface area contributed by atoms with Crippen LogP contribution in [0.1, 0.15) is 27.0 Å². The van der Waals surface area contributed by atoms with Gasteiger partial charge >= 0.3 is 0 Å². The number of thiophene rings is 1. The molecular formula is C11H16N2OS2. The third-order valence-electron chi connectivity index (χ3n) is 2.58. The van der Waals surface area contributed by atoms with Crippen LogP contribution in [-0.2, 0) is 12.2 Å². The van der Waals surface area contributed by atoms with Crippen LogP contribution in [0.15, 0.2) is 6.07 Å². The molecule has 88 valence electrons. The van der Waals surface area contributed by atoms with Crippen molar-refractivity contribution in [1.29, 1.82) is 0 Å². The first-order chi connectivity index (χ1) is 7.70. The Morgan fingerprint density at radius 1 is 1.69 bits per heavy atom. The van der Waals surface area contributed by atoms with E-state index in [2.05, 4.69) is 5.32 Å². The lowest BCUT2D eigenvalue weighted by molar-refractivity contribution is 0.0945. The molecule has 0 radical (unpaired) electrons. The molecule has 2 rings (SSSR count). The predicted molar refractivity (Wildman–Crippen MR) is 70.2 cm³/mol. The van der Waals surface area contributed by atoms with Gasteiger partial charge in [-0.2, -0.15) is 11.8 Å². The van der Waals surface area contributed by atoms with Gasteiger partial charge in [-0.15, -0.1) is 11.3 Å². The molecule has 0 aromatic carbocycles. The molecule has 2 heterocycles. The number of amides is 1. The summed E-state index contributed by atoms with van der Waals surface area (Å²) in [5, 5.41) is 2.89. The number of aryl methyl sites for hydroxylation is 1. The van der Waals surface area contributed by atoms with Gasteiger partial charge in [0.2, 0.25) is 0 Å². The van der Waals surface area contributed by atoms with Crippen molar-refractivity contribution in [2.24, 2.45) is 5.73 Å². The van der Waals surface area contributed by atoms with E-state index < -0.39 is 0 Å². The van der Waals surface area contributed by atoms with Gasteiger partial charge in [0.25, 0.3) is 5.91 Å². The molecule has 1 aromatic rings. The fourth-order valence-electron chi connectivity index (χ4n) is 1.61. The number of rotatable bonds is 3. The lowest BCUT2D eigenvalue weighted by atomic mass is 10.2. The molecule has 1 amide bonds. The normalized spacial score (nSPS) is 16.6. The van der Waals surface area contributed by atoms with Gasteiger partial charge in [-0.1, -0.05) is 0 Å². The summed E-state index contributed by atoms with van der Waals surface area (Å²) in [7, 11) is 0. The van der Waals surface area contributed by atoms with Crippen molar-refractivity contribution >= 4 is 29.0 Å². The van der Waals surface area contributed by atoms with Crippen LogP contribution in [0.3, 0.4) is 0 Å². The number of thioether (sulfide) groups is 1. The Hall–Kier alpha value is -0.520. The van der Waals surface area contributed by atoms with Gasteiger partial charge in [-0.25, -0.2) is 0 Å². The molecule has 5 heteroatoms. The van der Waals surface area contributed by atoms with E-state index >= 15 is 0 Å².